The van der Waals surface area contributed by atoms with Crippen LogP contribution in [0, 0.1) is 19.8 Å². The zero-order valence-electron chi connectivity index (χ0n) is 17.6. The van der Waals surface area contributed by atoms with Gasteiger partial charge >= 0.3 is 11.9 Å². The second-order valence-corrected chi connectivity index (χ2v) is 9.70. The van der Waals surface area contributed by atoms with Crippen LogP contribution >= 0.6 is 0 Å². The van der Waals surface area contributed by atoms with Crippen LogP contribution in [0.2, 0.25) is 0 Å². The van der Waals surface area contributed by atoms with Gasteiger partial charge in [-0.1, -0.05) is 6.42 Å². The molecular formula is C22H25NO7S. The smallest absolute Gasteiger partial charge is 0.396 e. The first-order chi connectivity index (χ1) is 14.6. The van der Waals surface area contributed by atoms with Gasteiger partial charge in [-0.15, -0.1) is 0 Å². The van der Waals surface area contributed by atoms with Crippen molar-refractivity contribution in [2.75, 3.05) is 18.2 Å². The monoisotopic (exact) mass is 447 g/mol. The minimum atomic E-state index is -3.64. The summed E-state index contributed by atoms with van der Waals surface area (Å²) in [5, 5.41) is 12.6. The second kappa shape index (κ2) is 8.97. The van der Waals surface area contributed by atoms with Crippen molar-refractivity contribution in [2.24, 2.45) is 5.92 Å². The summed E-state index contributed by atoms with van der Waals surface area (Å²) in [6.45, 7) is 3.51. The van der Waals surface area contributed by atoms with Crippen LogP contribution in [0.5, 0.6) is 17.2 Å². The molecule has 8 nitrogen and oxygen atoms in total. The molecule has 1 aliphatic rings. The molecule has 1 amide bonds. The zero-order valence-corrected chi connectivity index (χ0v) is 18.4. The van der Waals surface area contributed by atoms with Gasteiger partial charge in [0.25, 0.3) is 0 Å². The molecule has 0 saturated heterocycles. The van der Waals surface area contributed by atoms with Gasteiger partial charge in [0.2, 0.25) is 0 Å². The van der Waals surface area contributed by atoms with E-state index in [2.05, 4.69) is 10.1 Å². The molecule has 0 atom stereocenters. The van der Waals surface area contributed by atoms with Crippen molar-refractivity contribution < 1.29 is 32.6 Å². The van der Waals surface area contributed by atoms with Crippen molar-refractivity contribution in [3.63, 3.8) is 0 Å². The van der Waals surface area contributed by atoms with E-state index < -0.39 is 21.7 Å². The average Bonchev–Trinajstić information content (AvgIpc) is 2.68. The Bertz CT molecular complexity index is 1100. The summed E-state index contributed by atoms with van der Waals surface area (Å²) in [5.41, 5.74) is 1.71. The number of aryl methyl sites for hydroxylation is 2. The Labute approximate surface area is 181 Å². The van der Waals surface area contributed by atoms with Gasteiger partial charge in [0.15, 0.2) is 9.84 Å². The second-order valence-electron chi connectivity index (χ2n) is 7.69. The van der Waals surface area contributed by atoms with Crippen molar-refractivity contribution in [2.45, 2.75) is 38.0 Å². The van der Waals surface area contributed by atoms with Gasteiger partial charge in [0.05, 0.1) is 12.9 Å². The van der Waals surface area contributed by atoms with Gasteiger partial charge in [-0.05, 0) is 68.0 Å². The lowest BCUT2D eigenvalue weighted by molar-refractivity contribution is -0.150. The van der Waals surface area contributed by atoms with E-state index in [0.717, 1.165) is 26.4 Å². The number of anilines is 1. The van der Waals surface area contributed by atoms with Crippen LogP contribution in [0.15, 0.2) is 35.2 Å². The SMILES string of the molecule is COC(=O)C(=O)Nc1cc(C)c(Oc2ccc(O)c(S(=O)(=O)CC3CCC3)c2)c(C)c1. The van der Waals surface area contributed by atoms with Gasteiger partial charge in [0, 0.05) is 11.8 Å². The van der Waals surface area contributed by atoms with E-state index in [9.17, 15) is 23.1 Å². The van der Waals surface area contributed by atoms with Crippen LogP contribution in [-0.4, -0.2) is 38.3 Å². The van der Waals surface area contributed by atoms with Gasteiger partial charge in [-0.25, -0.2) is 13.2 Å². The van der Waals surface area contributed by atoms with Crippen molar-refractivity contribution >= 4 is 27.4 Å². The molecule has 0 unspecified atom stereocenters. The minimum Gasteiger partial charge on any atom is -0.507 e. The lowest BCUT2D eigenvalue weighted by Crippen LogP contribution is -2.23. The molecule has 0 heterocycles. The third-order valence-corrected chi connectivity index (χ3v) is 7.16. The Morgan fingerprint density at radius 3 is 2.32 bits per heavy atom. The number of nitrogens with one attached hydrogen (secondary N) is 1. The molecule has 166 valence electrons. The predicted molar refractivity (Wildman–Crippen MR) is 114 cm³/mol. The summed E-state index contributed by atoms with van der Waals surface area (Å²) in [4.78, 5) is 22.9. The molecule has 31 heavy (non-hydrogen) atoms. The number of aromatic hydroxyl groups is 1. The van der Waals surface area contributed by atoms with Gasteiger partial charge in [-0.2, -0.15) is 0 Å². The Hall–Kier alpha value is -3.07. The third-order valence-electron chi connectivity index (χ3n) is 5.26. The molecule has 0 bridgehead atoms. The molecule has 2 aromatic carbocycles. The summed E-state index contributed by atoms with van der Waals surface area (Å²) in [7, 11) is -2.52. The number of phenolic OH excluding ortho intramolecular Hbond substituents is 1. The maximum Gasteiger partial charge on any atom is 0.396 e. The summed E-state index contributed by atoms with van der Waals surface area (Å²) in [6, 6.07) is 7.37. The van der Waals surface area contributed by atoms with Crippen molar-refractivity contribution in [1.29, 1.82) is 0 Å². The highest BCUT2D eigenvalue weighted by atomic mass is 32.2. The Morgan fingerprint density at radius 2 is 1.77 bits per heavy atom. The lowest BCUT2D eigenvalue weighted by atomic mass is 9.87. The normalized spacial score (nSPS) is 13.9. The van der Waals surface area contributed by atoms with E-state index in [0.29, 0.717) is 22.6 Å². The number of carbonyl (C=O) groups is 2. The fourth-order valence-corrected chi connectivity index (χ4v) is 5.26. The molecule has 0 radical (unpaired) electrons. The van der Waals surface area contributed by atoms with Crippen LogP contribution in [-0.2, 0) is 24.2 Å². The number of benzene rings is 2. The number of phenols is 1. The standard InChI is InChI=1S/C22H25NO7S/c1-13-9-16(23-21(25)22(26)29-3)10-14(2)20(13)30-17-7-8-18(24)19(11-17)31(27,28)12-15-5-4-6-15/h7-11,15,24H,4-6,12H2,1-3H3,(H,23,25). The van der Waals surface area contributed by atoms with Gasteiger partial charge in [-0.3, -0.25) is 4.79 Å². The molecule has 3 rings (SSSR count). The van der Waals surface area contributed by atoms with Crippen molar-refractivity contribution in [3.05, 3.63) is 41.5 Å². The van der Waals surface area contributed by atoms with Gasteiger partial charge < -0.3 is 19.9 Å². The first kappa shape index (κ1) is 22.6. The molecule has 1 aliphatic carbocycles. The highest BCUT2D eigenvalue weighted by Crippen LogP contribution is 2.36. The molecule has 0 aliphatic heterocycles. The average molecular weight is 448 g/mol. The first-order valence-corrected chi connectivity index (χ1v) is 11.5. The molecule has 2 N–H and O–H groups in total. The fraction of sp³-hybridized carbons (Fsp3) is 0.364. The van der Waals surface area contributed by atoms with Crippen LogP contribution < -0.4 is 10.1 Å². The maximum atomic E-state index is 12.7. The Kier molecular flexibility index (Phi) is 6.54. The molecular weight excluding hydrogens is 422 g/mol. The summed E-state index contributed by atoms with van der Waals surface area (Å²) >= 11 is 0. The molecule has 2 aromatic rings. The van der Waals surface area contributed by atoms with Crippen LogP contribution in [0.3, 0.4) is 0 Å². The number of hydrogen-bond donors (Lipinski definition) is 2. The molecule has 1 saturated carbocycles. The largest absolute Gasteiger partial charge is 0.507 e. The maximum absolute atomic E-state index is 12.7. The number of esters is 1. The summed E-state index contributed by atoms with van der Waals surface area (Å²) in [5.74, 6) is -1.32. The van der Waals surface area contributed by atoms with E-state index in [1.807, 2.05) is 0 Å². The highest BCUT2D eigenvalue weighted by molar-refractivity contribution is 7.91. The number of methoxy groups -OCH3 is 1. The number of rotatable bonds is 6. The molecule has 0 aromatic heterocycles. The quantitative estimate of drug-likeness (QED) is 0.514. The van der Waals surface area contributed by atoms with Gasteiger partial charge in [0.1, 0.15) is 22.1 Å². The first-order valence-electron chi connectivity index (χ1n) is 9.85. The summed E-state index contributed by atoms with van der Waals surface area (Å²) < 4.78 is 35.8. The van der Waals surface area contributed by atoms with Crippen LogP contribution in [0.4, 0.5) is 5.69 Å². The van der Waals surface area contributed by atoms with E-state index >= 15 is 0 Å². The fourth-order valence-electron chi connectivity index (χ4n) is 3.44. The highest BCUT2D eigenvalue weighted by Gasteiger charge is 2.28. The Morgan fingerprint density at radius 1 is 1.13 bits per heavy atom. The number of ether oxygens (including phenoxy) is 2. The van der Waals surface area contributed by atoms with E-state index in [-0.39, 0.29) is 28.1 Å². The predicted octanol–water partition coefficient (Wildman–Crippen LogP) is 3.49. The van der Waals surface area contributed by atoms with Crippen molar-refractivity contribution in [3.8, 4) is 17.2 Å². The third kappa shape index (κ3) is 5.16. The van der Waals surface area contributed by atoms with Crippen LogP contribution in [0.1, 0.15) is 30.4 Å². The number of sulfone groups is 1. The number of amides is 1. The zero-order chi connectivity index (χ0) is 22.8. The number of hydrogen-bond acceptors (Lipinski definition) is 7. The topological polar surface area (TPSA) is 119 Å². The van der Waals surface area contributed by atoms with E-state index in [1.54, 1.807) is 26.0 Å². The van der Waals surface area contributed by atoms with Crippen molar-refractivity contribution in [1.82, 2.24) is 0 Å². The molecule has 1 fully saturated rings. The Balaban J connectivity index is 1.84. The lowest BCUT2D eigenvalue weighted by Gasteiger charge is -2.25. The summed E-state index contributed by atoms with van der Waals surface area (Å²) in [6.07, 6.45) is 2.80. The minimum absolute atomic E-state index is 0.0106. The van der Waals surface area contributed by atoms with E-state index in [1.165, 1.54) is 18.2 Å². The molecule has 9 heteroatoms. The number of carbonyl (C=O) groups excluding carboxylic acids is 2. The molecule has 0 spiro atoms. The van der Waals surface area contributed by atoms with Crippen LogP contribution in [0.25, 0.3) is 0 Å². The van der Waals surface area contributed by atoms with E-state index in [4.69, 9.17) is 4.74 Å².